The number of carbonyl (C=O) groups excluding carboxylic acids is 1. The second-order valence-corrected chi connectivity index (χ2v) is 5.08. The number of ketones is 1. The van der Waals surface area contributed by atoms with Crippen molar-refractivity contribution in [1.29, 1.82) is 0 Å². The van der Waals surface area contributed by atoms with Crippen LogP contribution in [0.2, 0.25) is 0 Å². The lowest BCUT2D eigenvalue weighted by molar-refractivity contribution is -0.125. The molecule has 76 valence electrons. The van der Waals surface area contributed by atoms with Crippen LogP contribution in [0.25, 0.3) is 0 Å². The molecule has 0 aliphatic heterocycles. The highest BCUT2D eigenvalue weighted by Crippen LogP contribution is 2.68. The van der Waals surface area contributed by atoms with E-state index in [1.54, 1.807) is 0 Å². The van der Waals surface area contributed by atoms with Gasteiger partial charge in [0.25, 0.3) is 0 Å². The zero-order valence-corrected chi connectivity index (χ0v) is 9.91. The molecule has 0 saturated heterocycles. The van der Waals surface area contributed by atoms with Crippen LogP contribution in [-0.2, 0) is 4.79 Å². The molecular formula is C13H18O. The number of Topliss-reactive ketones (excluding diaryl/α,β-unsaturated/α-hetero) is 1. The van der Waals surface area contributed by atoms with E-state index in [4.69, 9.17) is 0 Å². The van der Waals surface area contributed by atoms with Gasteiger partial charge in [-0.3, -0.25) is 4.79 Å². The summed E-state index contributed by atoms with van der Waals surface area (Å²) in [5.41, 5.74) is 4.70. The molecule has 0 aromatic heterocycles. The molecular weight excluding hydrogens is 172 g/mol. The highest BCUT2D eigenvalue weighted by atomic mass is 16.1. The molecule has 14 heavy (non-hydrogen) atoms. The van der Waals surface area contributed by atoms with Gasteiger partial charge in [-0.25, -0.2) is 0 Å². The number of hydrogen-bond donors (Lipinski definition) is 0. The van der Waals surface area contributed by atoms with E-state index in [1.165, 1.54) is 16.7 Å². The largest absolute Gasteiger partial charge is 0.294 e. The summed E-state index contributed by atoms with van der Waals surface area (Å²) in [6.45, 7) is 12.6. The Labute approximate surface area is 85.9 Å². The van der Waals surface area contributed by atoms with Gasteiger partial charge in [0.2, 0.25) is 0 Å². The number of fused-ring (bicyclic) bond motifs is 1. The van der Waals surface area contributed by atoms with Crippen LogP contribution in [0.4, 0.5) is 0 Å². The van der Waals surface area contributed by atoms with Gasteiger partial charge in [-0.15, -0.1) is 0 Å². The maximum atomic E-state index is 12.2. The van der Waals surface area contributed by atoms with Crippen LogP contribution in [0.5, 0.6) is 0 Å². The third-order valence-electron chi connectivity index (χ3n) is 5.17. The Morgan fingerprint density at radius 2 is 1.21 bits per heavy atom. The van der Waals surface area contributed by atoms with Crippen LogP contribution in [0.15, 0.2) is 22.3 Å². The van der Waals surface area contributed by atoms with Crippen LogP contribution in [0.1, 0.15) is 41.5 Å². The Balaban J connectivity index is 2.73. The second kappa shape index (κ2) is 2.21. The second-order valence-electron chi connectivity index (χ2n) is 5.08. The fourth-order valence-corrected chi connectivity index (χ4v) is 3.41. The molecule has 1 nitrogen and oxygen atoms in total. The van der Waals surface area contributed by atoms with Crippen molar-refractivity contribution in [2.45, 2.75) is 41.5 Å². The molecule has 2 aliphatic carbocycles. The average molecular weight is 190 g/mol. The van der Waals surface area contributed by atoms with Gasteiger partial charge in [-0.2, -0.15) is 0 Å². The molecule has 0 saturated carbocycles. The molecule has 0 fully saturated rings. The molecule has 2 unspecified atom stereocenters. The van der Waals surface area contributed by atoms with Crippen molar-refractivity contribution in [3.8, 4) is 0 Å². The van der Waals surface area contributed by atoms with Crippen LogP contribution >= 0.6 is 0 Å². The van der Waals surface area contributed by atoms with Crippen molar-refractivity contribution >= 4 is 5.78 Å². The van der Waals surface area contributed by atoms with Crippen molar-refractivity contribution in [2.75, 3.05) is 0 Å². The van der Waals surface area contributed by atoms with E-state index in [0.717, 1.165) is 5.57 Å². The van der Waals surface area contributed by atoms with E-state index in [-0.39, 0.29) is 10.8 Å². The predicted molar refractivity (Wildman–Crippen MR) is 58.0 cm³/mol. The molecule has 0 bridgehead atoms. The third kappa shape index (κ3) is 0.589. The maximum absolute atomic E-state index is 12.2. The third-order valence-corrected chi connectivity index (χ3v) is 5.17. The summed E-state index contributed by atoms with van der Waals surface area (Å²) in [5, 5.41) is 0. The van der Waals surface area contributed by atoms with Crippen molar-refractivity contribution in [1.82, 2.24) is 0 Å². The van der Waals surface area contributed by atoms with Gasteiger partial charge in [-0.1, -0.05) is 23.6 Å². The highest BCUT2D eigenvalue weighted by Gasteiger charge is 2.64. The van der Waals surface area contributed by atoms with E-state index in [9.17, 15) is 4.79 Å². The number of hydrogen-bond acceptors (Lipinski definition) is 1. The molecule has 0 amide bonds. The van der Waals surface area contributed by atoms with Crippen LogP contribution in [0, 0.1) is 10.8 Å². The maximum Gasteiger partial charge on any atom is 0.169 e. The Hall–Kier alpha value is -0.850. The lowest BCUT2D eigenvalue weighted by atomic mass is 9.48. The molecule has 2 aliphatic rings. The zero-order chi connectivity index (χ0) is 10.9. The average Bonchev–Trinajstić information content (AvgIpc) is 2.30. The lowest BCUT2D eigenvalue weighted by Gasteiger charge is -2.53. The summed E-state index contributed by atoms with van der Waals surface area (Å²) >= 11 is 0. The summed E-state index contributed by atoms with van der Waals surface area (Å²) in [6.07, 6.45) is 0. The van der Waals surface area contributed by atoms with E-state index in [1.807, 2.05) is 6.92 Å². The Kier molecular flexibility index (Phi) is 1.53. The van der Waals surface area contributed by atoms with Gasteiger partial charge in [0.1, 0.15) is 0 Å². The van der Waals surface area contributed by atoms with Gasteiger partial charge in [0, 0.05) is 5.41 Å². The molecule has 0 heterocycles. The van der Waals surface area contributed by atoms with Gasteiger partial charge in [0.05, 0.1) is 5.41 Å². The monoisotopic (exact) mass is 190 g/mol. The molecule has 2 rings (SSSR count). The molecule has 0 radical (unpaired) electrons. The van der Waals surface area contributed by atoms with E-state index >= 15 is 0 Å². The summed E-state index contributed by atoms with van der Waals surface area (Å²) in [5.74, 6) is 0.334. The first-order chi connectivity index (χ1) is 6.29. The lowest BCUT2D eigenvalue weighted by Crippen LogP contribution is -2.50. The van der Waals surface area contributed by atoms with Crippen LogP contribution in [0.3, 0.4) is 0 Å². The summed E-state index contributed by atoms with van der Waals surface area (Å²) in [7, 11) is 0. The molecule has 2 atom stereocenters. The van der Waals surface area contributed by atoms with E-state index < -0.39 is 0 Å². The number of allylic oxidation sites excluding steroid dienone is 4. The summed E-state index contributed by atoms with van der Waals surface area (Å²) < 4.78 is 0. The van der Waals surface area contributed by atoms with Crippen LogP contribution < -0.4 is 0 Å². The standard InChI is InChI=1S/C13H18O/c1-7-8(2)12(5)9(3)10(4)13(12,6)11(7)14/h1-6H3. The van der Waals surface area contributed by atoms with Gasteiger partial charge >= 0.3 is 0 Å². The van der Waals surface area contributed by atoms with Gasteiger partial charge < -0.3 is 0 Å². The predicted octanol–water partition coefficient (Wildman–Crippen LogP) is 3.27. The molecule has 0 aromatic rings. The fraction of sp³-hybridized carbons (Fsp3) is 0.615. The number of rotatable bonds is 0. The minimum Gasteiger partial charge on any atom is -0.294 e. The topological polar surface area (TPSA) is 17.1 Å². The van der Waals surface area contributed by atoms with Crippen LogP contribution in [-0.4, -0.2) is 5.78 Å². The highest BCUT2D eigenvalue weighted by molar-refractivity contribution is 6.08. The first-order valence-electron chi connectivity index (χ1n) is 5.20. The quantitative estimate of drug-likeness (QED) is 0.536. The van der Waals surface area contributed by atoms with E-state index in [2.05, 4.69) is 34.6 Å². The molecule has 1 heteroatoms. The number of carbonyl (C=O) groups is 1. The first kappa shape index (κ1) is 9.70. The van der Waals surface area contributed by atoms with E-state index in [0.29, 0.717) is 5.78 Å². The zero-order valence-electron chi connectivity index (χ0n) is 9.91. The molecule has 0 spiro atoms. The van der Waals surface area contributed by atoms with Crippen molar-refractivity contribution in [2.24, 2.45) is 10.8 Å². The van der Waals surface area contributed by atoms with Gasteiger partial charge in [-0.05, 0) is 40.2 Å². The Morgan fingerprint density at radius 1 is 0.786 bits per heavy atom. The smallest absolute Gasteiger partial charge is 0.169 e. The minimum absolute atomic E-state index is 0.0122. The Morgan fingerprint density at radius 3 is 1.64 bits per heavy atom. The van der Waals surface area contributed by atoms with Crippen molar-refractivity contribution in [3.63, 3.8) is 0 Å². The molecule has 0 N–H and O–H groups in total. The van der Waals surface area contributed by atoms with Crippen molar-refractivity contribution < 1.29 is 4.79 Å². The normalized spacial score (nSPS) is 41.7. The summed E-state index contributed by atoms with van der Waals surface area (Å²) in [6, 6.07) is 0. The summed E-state index contributed by atoms with van der Waals surface area (Å²) in [4.78, 5) is 12.2. The first-order valence-corrected chi connectivity index (χ1v) is 5.20. The fourth-order valence-electron chi connectivity index (χ4n) is 3.41. The minimum atomic E-state index is -0.231. The van der Waals surface area contributed by atoms with Gasteiger partial charge in [0.15, 0.2) is 5.78 Å². The SMILES string of the molecule is CC1=C(C)C2(C)C(C)=C(C)C2(C)C1=O. The Bertz CT molecular complexity index is 411. The molecule has 0 aromatic carbocycles. The van der Waals surface area contributed by atoms with Crippen molar-refractivity contribution in [3.05, 3.63) is 22.3 Å².